The number of alkyl halides is 3. The van der Waals surface area contributed by atoms with E-state index < -0.39 is 22.4 Å². The standard InChI is InChI=1S/C24H27ClF3N5O3S/c25-16-1-8-22(29-14-16)31-9-11-32(12-10-31)23(37)15-36-19-5-2-17(3-6-19)30-18-4-7-21(33(34)35)20(13-18)24(26,27)28/h1,4,7-8,13-14,17,19,30H,2-3,5-6,9-12,15H2. The molecule has 0 unspecified atom stereocenters. The number of nitrogens with one attached hydrogen (secondary N) is 1. The lowest BCUT2D eigenvalue weighted by molar-refractivity contribution is -0.388. The van der Waals surface area contributed by atoms with E-state index in [1.807, 2.05) is 12.1 Å². The Morgan fingerprint density at radius 1 is 1.16 bits per heavy atom. The molecule has 1 aromatic carbocycles. The zero-order chi connectivity index (χ0) is 26.6. The van der Waals surface area contributed by atoms with Gasteiger partial charge < -0.3 is 19.9 Å². The highest BCUT2D eigenvalue weighted by Gasteiger charge is 2.38. The highest BCUT2D eigenvalue weighted by atomic mass is 35.5. The van der Waals surface area contributed by atoms with Crippen LogP contribution in [-0.2, 0) is 10.9 Å². The zero-order valence-corrected chi connectivity index (χ0v) is 21.5. The maximum absolute atomic E-state index is 13.2. The van der Waals surface area contributed by atoms with Crippen LogP contribution in [-0.4, -0.2) is 64.7 Å². The fourth-order valence-corrected chi connectivity index (χ4v) is 5.00. The van der Waals surface area contributed by atoms with Gasteiger partial charge >= 0.3 is 6.18 Å². The van der Waals surface area contributed by atoms with Crippen LogP contribution in [0, 0.1) is 10.1 Å². The van der Waals surface area contributed by atoms with Crippen LogP contribution in [0.5, 0.6) is 0 Å². The third-order valence-electron chi connectivity index (χ3n) is 6.65. The number of ether oxygens (including phenoxy) is 1. The molecular weight excluding hydrogens is 531 g/mol. The third kappa shape index (κ3) is 7.20. The molecule has 37 heavy (non-hydrogen) atoms. The van der Waals surface area contributed by atoms with E-state index in [0.29, 0.717) is 24.5 Å². The van der Waals surface area contributed by atoms with Crippen LogP contribution in [0.4, 0.5) is 30.4 Å². The smallest absolute Gasteiger partial charge is 0.382 e. The van der Waals surface area contributed by atoms with Crippen LogP contribution in [0.15, 0.2) is 36.5 Å². The van der Waals surface area contributed by atoms with Crippen molar-refractivity contribution in [2.24, 2.45) is 0 Å². The van der Waals surface area contributed by atoms with Gasteiger partial charge in [-0.3, -0.25) is 10.1 Å². The van der Waals surface area contributed by atoms with Crippen molar-refractivity contribution in [1.29, 1.82) is 0 Å². The Hall–Kier alpha value is -2.70. The van der Waals surface area contributed by atoms with E-state index in [0.717, 1.165) is 62.0 Å². The lowest BCUT2D eigenvalue weighted by Crippen LogP contribution is -2.49. The molecule has 0 amide bonds. The van der Waals surface area contributed by atoms with Gasteiger partial charge in [-0.05, 0) is 49.9 Å². The highest BCUT2D eigenvalue weighted by Crippen LogP contribution is 2.38. The van der Waals surface area contributed by atoms with Gasteiger partial charge in [0.1, 0.15) is 16.4 Å². The first kappa shape index (κ1) is 27.3. The van der Waals surface area contributed by atoms with Gasteiger partial charge in [-0.1, -0.05) is 23.8 Å². The topological polar surface area (TPSA) is 83.8 Å². The summed E-state index contributed by atoms with van der Waals surface area (Å²) in [4.78, 5) is 19.4. The molecule has 8 nitrogen and oxygen atoms in total. The van der Waals surface area contributed by atoms with Crippen LogP contribution in [0.1, 0.15) is 31.2 Å². The summed E-state index contributed by atoms with van der Waals surface area (Å²) in [6.07, 6.45) is -0.227. The van der Waals surface area contributed by atoms with Gasteiger partial charge in [-0.2, -0.15) is 13.2 Å². The molecule has 0 spiro atoms. The van der Waals surface area contributed by atoms with Gasteiger partial charge in [-0.25, -0.2) is 4.98 Å². The molecule has 1 N–H and O–H groups in total. The molecule has 0 atom stereocenters. The van der Waals surface area contributed by atoms with Crippen molar-refractivity contribution in [3.63, 3.8) is 0 Å². The number of nitrogens with zero attached hydrogens (tertiary/aromatic N) is 4. The van der Waals surface area contributed by atoms with Crippen LogP contribution >= 0.6 is 23.8 Å². The molecule has 1 aliphatic heterocycles. The quantitative estimate of drug-likeness (QED) is 0.269. The molecule has 1 aliphatic carbocycles. The Balaban J connectivity index is 1.20. The van der Waals surface area contributed by atoms with Crippen molar-refractivity contribution in [1.82, 2.24) is 9.88 Å². The summed E-state index contributed by atoms with van der Waals surface area (Å²) in [6, 6.07) is 6.71. The van der Waals surface area contributed by atoms with E-state index in [1.54, 1.807) is 6.20 Å². The average molecular weight is 558 g/mol. The highest BCUT2D eigenvalue weighted by molar-refractivity contribution is 7.80. The number of pyridine rings is 1. The molecular formula is C24H27ClF3N5O3S. The number of aromatic nitrogens is 1. The number of piperazine rings is 1. The summed E-state index contributed by atoms with van der Waals surface area (Å²) < 4.78 is 45.8. The first-order chi connectivity index (χ1) is 17.6. The number of benzene rings is 1. The Morgan fingerprint density at radius 2 is 1.86 bits per heavy atom. The molecule has 1 aromatic heterocycles. The van der Waals surface area contributed by atoms with E-state index in [1.165, 1.54) is 6.07 Å². The first-order valence-electron chi connectivity index (χ1n) is 12.0. The molecule has 4 rings (SSSR count). The molecule has 200 valence electrons. The summed E-state index contributed by atoms with van der Waals surface area (Å²) in [7, 11) is 0. The SMILES string of the molecule is O=[N+]([O-])c1ccc(NC2CCC(OCC(=S)N3CCN(c4ccc(Cl)cn4)CC3)CC2)cc1C(F)(F)F. The minimum atomic E-state index is -4.80. The van der Waals surface area contributed by atoms with Gasteiger partial charge in [0.05, 0.1) is 22.7 Å². The second-order valence-electron chi connectivity index (χ2n) is 9.12. The molecule has 2 fully saturated rings. The number of halogens is 4. The summed E-state index contributed by atoms with van der Waals surface area (Å²) in [5.41, 5.74) is -1.98. The van der Waals surface area contributed by atoms with Crippen LogP contribution in [0.2, 0.25) is 5.02 Å². The predicted molar refractivity (Wildman–Crippen MR) is 139 cm³/mol. The van der Waals surface area contributed by atoms with Gasteiger partial charge in [0.15, 0.2) is 0 Å². The average Bonchev–Trinajstić information content (AvgIpc) is 2.88. The van der Waals surface area contributed by atoms with Gasteiger partial charge in [-0.15, -0.1) is 0 Å². The molecule has 1 saturated carbocycles. The van der Waals surface area contributed by atoms with Crippen molar-refractivity contribution in [2.45, 2.75) is 44.0 Å². The van der Waals surface area contributed by atoms with Crippen LogP contribution in [0.3, 0.4) is 0 Å². The molecule has 1 saturated heterocycles. The second kappa shape index (κ2) is 11.8. The van der Waals surface area contributed by atoms with Gasteiger partial charge in [0, 0.05) is 50.2 Å². The number of thiocarbonyl (C=S) groups is 1. The van der Waals surface area contributed by atoms with E-state index in [4.69, 9.17) is 28.6 Å². The maximum Gasteiger partial charge on any atom is 0.423 e. The van der Waals surface area contributed by atoms with E-state index in [2.05, 4.69) is 20.1 Å². The summed E-state index contributed by atoms with van der Waals surface area (Å²) in [6.45, 7) is 3.50. The Labute approximate surface area is 222 Å². The molecule has 13 heteroatoms. The van der Waals surface area contributed by atoms with Gasteiger partial charge in [0.25, 0.3) is 5.69 Å². The Morgan fingerprint density at radius 3 is 2.46 bits per heavy atom. The molecule has 0 radical (unpaired) electrons. The lowest BCUT2D eigenvalue weighted by Gasteiger charge is -2.37. The van der Waals surface area contributed by atoms with Crippen LogP contribution < -0.4 is 10.2 Å². The van der Waals surface area contributed by atoms with E-state index in [9.17, 15) is 23.3 Å². The molecule has 0 bridgehead atoms. The van der Waals surface area contributed by atoms with E-state index >= 15 is 0 Å². The molecule has 2 heterocycles. The number of nitro groups is 1. The number of rotatable bonds is 7. The Kier molecular flexibility index (Phi) is 8.71. The number of anilines is 2. The minimum absolute atomic E-state index is 0.0261. The summed E-state index contributed by atoms with van der Waals surface area (Å²) >= 11 is 11.5. The van der Waals surface area contributed by atoms with E-state index in [-0.39, 0.29) is 17.8 Å². The zero-order valence-electron chi connectivity index (χ0n) is 19.9. The minimum Gasteiger partial charge on any atom is -0.382 e. The third-order valence-corrected chi connectivity index (χ3v) is 7.25. The fourth-order valence-electron chi connectivity index (χ4n) is 4.64. The first-order valence-corrected chi connectivity index (χ1v) is 12.8. The number of nitro benzene ring substituents is 1. The van der Waals surface area contributed by atoms with Crippen molar-refractivity contribution >= 4 is 46.0 Å². The molecule has 2 aliphatic rings. The van der Waals surface area contributed by atoms with Crippen molar-refractivity contribution < 1.29 is 22.8 Å². The number of hydrogen-bond acceptors (Lipinski definition) is 7. The fraction of sp³-hybridized carbons (Fsp3) is 0.500. The molecule has 2 aromatic rings. The monoisotopic (exact) mass is 557 g/mol. The largest absolute Gasteiger partial charge is 0.423 e. The number of hydrogen-bond donors (Lipinski definition) is 1. The van der Waals surface area contributed by atoms with Crippen molar-refractivity contribution in [3.8, 4) is 0 Å². The summed E-state index contributed by atoms with van der Waals surface area (Å²) in [5.74, 6) is 0.889. The maximum atomic E-state index is 13.2. The lowest BCUT2D eigenvalue weighted by atomic mass is 9.92. The second-order valence-corrected chi connectivity index (χ2v) is 10.0. The normalized spacial score (nSPS) is 20.5. The Bertz CT molecular complexity index is 1110. The van der Waals surface area contributed by atoms with Gasteiger partial charge in [0.2, 0.25) is 0 Å². The van der Waals surface area contributed by atoms with Crippen LogP contribution in [0.25, 0.3) is 0 Å². The van der Waals surface area contributed by atoms with Crippen molar-refractivity contribution in [3.05, 3.63) is 57.2 Å². The van der Waals surface area contributed by atoms with Crippen molar-refractivity contribution in [2.75, 3.05) is 43.0 Å². The summed E-state index contributed by atoms with van der Waals surface area (Å²) in [5, 5.41) is 14.6. The predicted octanol–water partition coefficient (Wildman–Crippen LogP) is 5.55.